The molecule has 2 N–H and O–H groups in total. The zero-order chi connectivity index (χ0) is 21.2. The standard InChI is InChI=1S/C24H35N5O/c1-25-24(27-18-20-10-12-22(30-3)13-11-20)26-14-7-15-29-17-16-28(2)19-23(29)21-8-5-4-6-9-21/h4-6,8-13,23H,7,14-19H2,1-3H3,(H2,25,26,27). The quantitative estimate of drug-likeness (QED) is 0.399. The van der Waals surface area contributed by atoms with Crippen LogP contribution in [0.5, 0.6) is 5.75 Å². The molecular formula is C24H35N5O. The highest BCUT2D eigenvalue weighted by Gasteiger charge is 2.25. The van der Waals surface area contributed by atoms with Crippen LogP contribution in [0.3, 0.4) is 0 Å². The summed E-state index contributed by atoms with van der Waals surface area (Å²) in [5.74, 6) is 1.71. The minimum Gasteiger partial charge on any atom is -0.497 e. The van der Waals surface area contributed by atoms with Gasteiger partial charge in [-0.15, -0.1) is 0 Å². The summed E-state index contributed by atoms with van der Waals surface area (Å²) in [6, 6.07) is 19.4. The molecule has 1 unspecified atom stereocenters. The molecule has 0 bridgehead atoms. The van der Waals surface area contributed by atoms with Crippen LogP contribution in [0.2, 0.25) is 0 Å². The lowest BCUT2D eigenvalue weighted by atomic mass is 10.0. The summed E-state index contributed by atoms with van der Waals surface area (Å²) in [4.78, 5) is 9.39. The third kappa shape index (κ3) is 6.47. The summed E-state index contributed by atoms with van der Waals surface area (Å²) in [6.45, 7) is 6.04. The number of rotatable bonds is 8. The maximum absolute atomic E-state index is 5.21. The Morgan fingerprint density at radius 3 is 2.53 bits per heavy atom. The molecule has 0 aromatic heterocycles. The van der Waals surface area contributed by atoms with Crippen LogP contribution in [-0.2, 0) is 6.54 Å². The minimum atomic E-state index is 0.470. The molecule has 3 rings (SSSR count). The largest absolute Gasteiger partial charge is 0.497 e. The number of guanidine groups is 1. The van der Waals surface area contributed by atoms with Gasteiger partial charge in [-0.05, 0) is 36.7 Å². The second kappa shape index (κ2) is 11.6. The second-order valence-corrected chi connectivity index (χ2v) is 7.78. The van der Waals surface area contributed by atoms with Gasteiger partial charge in [0.25, 0.3) is 0 Å². The van der Waals surface area contributed by atoms with Gasteiger partial charge in [-0.1, -0.05) is 42.5 Å². The second-order valence-electron chi connectivity index (χ2n) is 7.78. The van der Waals surface area contributed by atoms with Crippen LogP contribution >= 0.6 is 0 Å². The molecule has 0 saturated carbocycles. The Morgan fingerprint density at radius 2 is 1.83 bits per heavy atom. The first-order chi connectivity index (χ1) is 14.7. The van der Waals surface area contributed by atoms with Gasteiger partial charge in [-0.25, -0.2) is 0 Å². The van der Waals surface area contributed by atoms with E-state index in [2.05, 4.69) is 74.9 Å². The molecule has 1 aliphatic rings. The fourth-order valence-electron chi connectivity index (χ4n) is 3.85. The topological polar surface area (TPSA) is 52.1 Å². The molecule has 162 valence electrons. The number of nitrogens with zero attached hydrogens (tertiary/aromatic N) is 3. The molecule has 1 fully saturated rings. The number of methoxy groups -OCH3 is 1. The van der Waals surface area contributed by atoms with Crippen LogP contribution in [0.4, 0.5) is 0 Å². The summed E-state index contributed by atoms with van der Waals surface area (Å²) in [6.07, 6.45) is 1.08. The van der Waals surface area contributed by atoms with E-state index in [1.807, 2.05) is 19.2 Å². The summed E-state index contributed by atoms with van der Waals surface area (Å²) in [5, 5.41) is 6.82. The van der Waals surface area contributed by atoms with Gasteiger partial charge >= 0.3 is 0 Å². The molecule has 6 nitrogen and oxygen atoms in total. The first kappa shape index (κ1) is 22.1. The van der Waals surface area contributed by atoms with Gasteiger partial charge in [0, 0.05) is 52.4 Å². The number of hydrogen-bond donors (Lipinski definition) is 2. The van der Waals surface area contributed by atoms with Crippen molar-refractivity contribution in [2.24, 2.45) is 4.99 Å². The van der Waals surface area contributed by atoms with Gasteiger partial charge in [0.15, 0.2) is 5.96 Å². The highest BCUT2D eigenvalue weighted by atomic mass is 16.5. The third-order valence-electron chi connectivity index (χ3n) is 5.64. The van der Waals surface area contributed by atoms with Crippen molar-refractivity contribution in [3.63, 3.8) is 0 Å². The Balaban J connectivity index is 1.43. The highest BCUT2D eigenvalue weighted by Crippen LogP contribution is 2.24. The maximum atomic E-state index is 5.21. The van der Waals surface area contributed by atoms with Crippen LogP contribution in [-0.4, -0.2) is 69.7 Å². The fourth-order valence-corrected chi connectivity index (χ4v) is 3.85. The number of benzene rings is 2. The monoisotopic (exact) mass is 409 g/mol. The molecule has 0 radical (unpaired) electrons. The highest BCUT2D eigenvalue weighted by molar-refractivity contribution is 5.79. The van der Waals surface area contributed by atoms with Crippen LogP contribution in [0, 0.1) is 0 Å². The number of hydrogen-bond acceptors (Lipinski definition) is 4. The van der Waals surface area contributed by atoms with Gasteiger partial charge in [0.1, 0.15) is 5.75 Å². The van der Waals surface area contributed by atoms with Crippen molar-refractivity contribution in [3.05, 3.63) is 65.7 Å². The Morgan fingerprint density at radius 1 is 1.07 bits per heavy atom. The molecule has 1 heterocycles. The van der Waals surface area contributed by atoms with Crippen molar-refractivity contribution in [1.29, 1.82) is 0 Å². The van der Waals surface area contributed by atoms with Crippen molar-refractivity contribution in [2.45, 2.75) is 19.0 Å². The number of ether oxygens (including phenoxy) is 1. The summed E-state index contributed by atoms with van der Waals surface area (Å²) in [5.41, 5.74) is 2.61. The zero-order valence-electron chi connectivity index (χ0n) is 18.5. The van der Waals surface area contributed by atoms with Crippen molar-refractivity contribution in [3.8, 4) is 5.75 Å². The van der Waals surface area contributed by atoms with Gasteiger partial charge in [-0.3, -0.25) is 9.89 Å². The summed E-state index contributed by atoms with van der Waals surface area (Å²) in [7, 11) is 5.71. The first-order valence-electron chi connectivity index (χ1n) is 10.7. The number of piperazine rings is 1. The number of nitrogens with one attached hydrogen (secondary N) is 2. The summed E-state index contributed by atoms with van der Waals surface area (Å²) < 4.78 is 5.21. The van der Waals surface area contributed by atoms with Crippen LogP contribution in [0.15, 0.2) is 59.6 Å². The van der Waals surface area contributed by atoms with Crippen LogP contribution in [0.1, 0.15) is 23.6 Å². The van der Waals surface area contributed by atoms with E-state index in [0.717, 1.165) is 57.4 Å². The summed E-state index contributed by atoms with van der Waals surface area (Å²) >= 11 is 0. The molecular weight excluding hydrogens is 374 g/mol. The molecule has 6 heteroatoms. The number of aliphatic imine (C=N–C) groups is 1. The van der Waals surface area contributed by atoms with Gasteiger partial charge in [0.05, 0.1) is 7.11 Å². The normalized spacial score (nSPS) is 18.2. The predicted octanol–water partition coefficient (Wildman–Crippen LogP) is 2.74. The molecule has 1 saturated heterocycles. The average molecular weight is 410 g/mol. The lowest BCUT2D eigenvalue weighted by Gasteiger charge is -2.40. The molecule has 0 spiro atoms. The fraction of sp³-hybridized carbons (Fsp3) is 0.458. The maximum Gasteiger partial charge on any atom is 0.191 e. The van der Waals surface area contributed by atoms with E-state index in [9.17, 15) is 0 Å². The van der Waals surface area contributed by atoms with Crippen LogP contribution < -0.4 is 15.4 Å². The van der Waals surface area contributed by atoms with E-state index < -0.39 is 0 Å². The Kier molecular flexibility index (Phi) is 8.53. The molecule has 2 aromatic rings. The van der Waals surface area contributed by atoms with Crippen molar-refractivity contribution < 1.29 is 4.74 Å². The van der Waals surface area contributed by atoms with Gasteiger partial charge < -0.3 is 20.3 Å². The van der Waals surface area contributed by atoms with E-state index in [1.54, 1.807) is 7.11 Å². The Bertz CT molecular complexity index is 778. The van der Waals surface area contributed by atoms with Gasteiger partial charge in [0.2, 0.25) is 0 Å². The molecule has 0 amide bonds. The lowest BCUT2D eigenvalue weighted by Crippen LogP contribution is -2.47. The molecule has 1 atom stereocenters. The van der Waals surface area contributed by atoms with Gasteiger partial charge in [-0.2, -0.15) is 0 Å². The third-order valence-corrected chi connectivity index (χ3v) is 5.64. The molecule has 30 heavy (non-hydrogen) atoms. The van der Waals surface area contributed by atoms with Crippen LogP contribution in [0.25, 0.3) is 0 Å². The Hall–Kier alpha value is -2.57. The van der Waals surface area contributed by atoms with Crippen molar-refractivity contribution in [1.82, 2.24) is 20.4 Å². The van der Waals surface area contributed by atoms with Crippen molar-refractivity contribution >= 4 is 5.96 Å². The Labute approximate surface area is 180 Å². The smallest absolute Gasteiger partial charge is 0.191 e. The van der Waals surface area contributed by atoms with E-state index >= 15 is 0 Å². The molecule has 1 aliphatic heterocycles. The predicted molar refractivity (Wildman–Crippen MR) is 124 cm³/mol. The number of likely N-dealkylation sites (N-methyl/N-ethyl adjacent to an activating group) is 1. The van der Waals surface area contributed by atoms with E-state index in [0.29, 0.717) is 6.04 Å². The van der Waals surface area contributed by atoms with Crippen molar-refractivity contribution in [2.75, 3.05) is 53.9 Å². The van der Waals surface area contributed by atoms with E-state index in [-0.39, 0.29) is 0 Å². The lowest BCUT2D eigenvalue weighted by molar-refractivity contribution is 0.0891. The zero-order valence-corrected chi connectivity index (χ0v) is 18.5. The first-order valence-corrected chi connectivity index (χ1v) is 10.7. The average Bonchev–Trinajstić information content (AvgIpc) is 2.80. The van der Waals surface area contributed by atoms with E-state index in [4.69, 9.17) is 4.74 Å². The molecule has 0 aliphatic carbocycles. The molecule has 2 aromatic carbocycles. The van der Waals surface area contributed by atoms with E-state index in [1.165, 1.54) is 11.1 Å². The minimum absolute atomic E-state index is 0.470. The SMILES string of the molecule is CN=C(NCCCN1CCN(C)CC1c1ccccc1)NCc1ccc(OC)cc1.